The number of carbonyl (C=O) groups excluding carboxylic acids is 5. The van der Waals surface area contributed by atoms with Crippen LogP contribution in [0, 0.1) is 0 Å². The summed E-state index contributed by atoms with van der Waals surface area (Å²) in [5.74, 6) is -1.16. The molecule has 2 unspecified atom stereocenters. The van der Waals surface area contributed by atoms with Gasteiger partial charge >= 0.3 is 24.2 Å². The molecule has 0 aliphatic carbocycles. The number of benzene rings is 2. The highest BCUT2D eigenvalue weighted by molar-refractivity contribution is 5.95. The van der Waals surface area contributed by atoms with E-state index in [0.717, 1.165) is 12.7 Å². The molecule has 0 bridgehead atoms. The van der Waals surface area contributed by atoms with Crippen molar-refractivity contribution in [2.75, 3.05) is 25.7 Å². The fourth-order valence-electron chi connectivity index (χ4n) is 6.16. The monoisotopic (exact) mass is 610 g/mol. The Morgan fingerprint density at radius 3 is 2.30 bits per heavy atom. The van der Waals surface area contributed by atoms with Crippen LogP contribution >= 0.6 is 0 Å². The van der Waals surface area contributed by atoms with Crippen LogP contribution in [0.4, 0.5) is 15.3 Å². The van der Waals surface area contributed by atoms with Crippen LogP contribution in [0.1, 0.15) is 49.2 Å². The molecule has 0 saturated carbocycles. The number of methoxy groups -OCH3 is 2. The number of fused-ring (bicyclic) bond motifs is 5. The third-order valence-corrected chi connectivity index (χ3v) is 7.80. The summed E-state index contributed by atoms with van der Waals surface area (Å²) in [5.41, 5.74) is -0.955. The molecule has 13 heteroatoms. The van der Waals surface area contributed by atoms with E-state index in [0.29, 0.717) is 12.0 Å². The first kappa shape index (κ1) is 30.6. The third-order valence-electron chi connectivity index (χ3n) is 7.80. The summed E-state index contributed by atoms with van der Waals surface area (Å²) in [6.45, 7) is 5.95. The number of carbonyl (C=O) groups is 5. The predicted molar refractivity (Wildman–Crippen MR) is 152 cm³/mol. The van der Waals surface area contributed by atoms with Gasteiger partial charge in [-0.05, 0) is 38.5 Å². The normalized spacial score (nSPS) is 24.3. The first-order chi connectivity index (χ1) is 20.9. The molecule has 0 N–H and O–H groups in total. The zero-order valence-electron chi connectivity index (χ0n) is 25.2. The lowest BCUT2D eigenvalue weighted by molar-refractivity contribution is -0.146. The summed E-state index contributed by atoms with van der Waals surface area (Å²) in [5, 5.41) is 0. The van der Waals surface area contributed by atoms with Crippen LogP contribution in [0.25, 0.3) is 0 Å². The Kier molecular flexibility index (Phi) is 7.91. The molecule has 0 aromatic heterocycles. The second kappa shape index (κ2) is 11.4. The summed E-state index contributed by atoms with van der Waals surface area (Å²) in [4.78, 5) is 67.2. The molecule has 3 aliphatic heterocycles. The van der Waals surface area contributed by atoms with E-state index in [9.17, 15) is 24.0 Å². The van der Waals surface area contributed by atoms with Crippen LogP contribution in [-0.2, 0) is 45.3 Å². The summed E-state index contributed by atoms with van der Waals surface area (Å²) < 4.78 is 32.7. The fraction of sp³-hybridized carbons (Fsp3) is 0.452. The molecule has 234 valence electrons. The number of aldehydes is 1. The highest BCUT2D eigenvalue weighted by Gasteiger charge is 2.77. The lowest BCUT2D eigenvalue weighted by atomic mass is 9.76. The molecule has 0 radical (unpaired) electrons. The summed E-state index contributed by atoms with van der Waals surface area (Å²) in [6, 6.07) is 9.88. The van der Waals surface area contributed by atoms with E-state index < -0.39 is 66.2 Å². The smallest absolute Gasteiger partial charge is 0.488 e. The Morgan fingerprint density at radius 2 is 1.70 bits per heavy atom. The zero-order valence-corrected chi connectivity index (χ0v) is 25.2. The van der Waals surface area contributed by atoms with Crippen LogP contribution in [0.3, 0.4) is 0 Å². The van der Waals surface area contributed by atoms with E-state index in [1.54, 1.807) is 25.7 Å². The third kappa shape index (κ3) is 5.26. The lowest BCUT2D eigenvalue weighted by Gasteiger charge is -2.36. The van der Waals surface area contributed by atoms with Crippen molar-refractivity contribution in [3.05, 3.63) is 59.2 Å². The summed E-state index contributed by atoms with van der Waals surface area (Å²) in [6.07, 6.45) is -2.13. The minimum atomic E-state index is -1.65. The first-order valence-electron chi connectivity index (χ1n) is 13.9. The second-order valence-electron chi connectivity index (χ2n) is 11.8. The van der Waals surface area contributed by atoms with Crippen molar-refractivity contribution in [3.8, 4) is 5.75 Å². The van der Waals surface area contributed by atoms with Gasteiger partial charge in [0.1, 0.15) is 42.3 Å². The van der Waals surface area contributed by atoms with Gasteiger partial charge in [-0.15, -0.1) is 0 Å². The maximum absolute atomic E-state index is 13.4. The van der Waals surface area contributed by atoms with Crippen molar-refractivity contribution >= 4 is 36.2 Å². The molecule has 13 nitrogen and oxygen atoms in total. The highest BCUT2D eigenvalue weighted by atomic mass is 16.7. The van der Waals surface area contributed by atoms with Gasteiger partial charge in [0.25, 0.3) is 0 Å². The van der Waals surface area contributed by atoms with Gasteiger partial charge in [0, 0.05) is 18.2 Å². The standard InChI is InChI=1S/C31H34N2O11/c1-17(35)43-26-24-23(33(24)28(37)44-30(2,3)4)25-31(15-34,16-42-29(38)40-6)22-20(32(25)26)12-19(27(36)39-5)13-21(22)41-14-18-10-8-7-9-11-18/h7-13,15,23-26H,14,16H2,1-6H3/t23-,24+,25?,26?,31-,33?/m0/s1. The number of hydrogen-bond donors (Lipinski definition) is 0. The molecule has 5 atom stereocenters. The van der Waals surface area contributed by atoms with Crippen LogP contribution in [0.5, 0.6) is 5.75 Å². The predicted octanol–water partition coefficient (Wildman–Crippen LogP) is 3.35. The number of anilines is 1. The Morgan fingerprint density at radius 1 is 1.00 bits per heavy atom. The molecule has 3 heterocycles. The minimum Gasteiger partial charge on any atom is -0.488 e. The average Bonchev–Trinajstić information content (AvgIpc) is 3.54. The molecular weight excluding hydrogens is 576 g/mol. The molecule has 3 aliphatic rings. The average molecular weight is 611 g/mol. The maximum Gasteiger partial charge on any atom is 0.508 e. The van der Waals surface area contributed by atoms with Gasteiger partial charge in [0.05, 0.1) is 31.9 Å². The number of ether oxygens (including phenoxy) is 6. The van der Waals surface area contributed by atoms with Gasteiger partial charge < -0.3 is 38.1 Å². The summed E-state index contributed by atoms with van der Waals surface area (Å²) >= 11 is 0. The van der Waals surface area contributed by atoms with Gasteiger partial charge in [-0.25, -0.2) is 14.4 Å². The molecule has 44 heavy (non-hydrogen) atoms. The molecule has 2 fully saturated rings. The van der Waals surface area contributed by atoms with Crippen molar-refractivity contribution in [2.24, 2.45) is 0 Å². The number of amides is 1. The van der Waals surface area contributed by atoms with Gasteiger partial charge in [-0.1, -0.05) is 30.3 Å². The van der Waals surface area contributed by atoms with Gasteiger partial charge in [0.2, 0.25) is 0 Å². The van der Waals surface area contributed by atoms with E-state index in [-0.39, 0.29) is 23.5 Å². The topological polar surface area (TPSA) is 147 Å². The van der Waals surface area contributed by atoms with Gasteiger partial charge in [-0.3, -0.25) is 9.69 Å². The number of hydrogen-bond acceptors (Lipinski definition) is 12. The second-order valence-corrected chi connectivity index (χ2v) is 11.8. The Hall–Kier alpha value is -4.81. The van der Waals surface area contributed by atoms with E-state index in [2.05, 4.69) is 4.74 Å². The van der Waals surface area contributed by atoms with E-state index >= 15 is 0 Å². The van der Waals surface area contributed by atoms with Gasteiger partial charge in [0.15, 0.2) is 6.23 Å². The van der Waals surface area contributed by atoms with Crippen LogP contribution in [0.2, 0.25) is 0 Å². The Bertz CT molecular complexity index is 1490. The van der Waals surface area contributed by atoms with E-state index in [1.807, 2.05) is 30.3 Å². The summed E-state index contributed by atoms with van der Waals surface area (Å²) in [7, 11) is 2.36. The number of nitrogens with zero attached hydrogens (tertiary/aromatic N) is 2. The highest BCUT2D eigenvalue weighted by Crippen LogP contribution is 2.61. The molecular formula is C31H34N2O11. The number of piperazine rings is 1. The van der Waals surface area contributed by atoms with Crippen molar-refractivity contribution in [1.29, 1.82) is 0 Å². The van der Waals surface area contributed by atoms with Crippen molar-refractivity contribution in [3.63, 3.8) is 0 Å². The molecule has 1 amide bonds. The lowest BCUT2D eigenvalue weighted by Crippen LogP contribution is -2.55. The minimum absolute atomic E-state index is 0.0683. The Labute approximate surface area is 253 Å². The van der Waals surface area contributed by atoms with E-state index in [4.69, 9.17) is 23.7 Å². The van der Waals surface area contributed by atoms with Crippen LogP contribution < -0.4 is 9.64 Å². The largest absolute Gasteiger partial charge is 0.508 e. The molecule has 0 spiro atoms. The van der Waals surface area contributed by atoms with Crippen molar-refractivity contribution in [2.45, 2.75) is 69.7 Å². The van der Waals surface area contributed by atoms with E-state index in [1.165, 1.54) is 31.1 Å². The zero-order chi connectivity index (χ0) is 32.0. The van der Waals surface area contributed by atoms with Crippen molar-refractivity contribution in [1.82, 2.24) is 4.90 Å². The number of rotatable bonds is 8. The molecule has 2 saturated heterocycles. The van der Waals surface area contributed by atoms with Crippen LogP contribution in [0.15, 0.2) is 42.5 Å². The van der Waals surface area contributed by atoms with Gasteiger partial charge in [-0.2, -0.15) is 0 Å². The van der Waals surface area contributed by atoms with Crippen molar-refractivity contribution < 1.29 is 52.4 Å². The first-order valence-corrected chi connectivity index (χ1v) is 13.9. The maximum atomic E-state index is 13.4. The fourth-order valence-corrected chi connectivity index (χ4v) is 6.16. The quantitative estimate of drug-likeness (QED) is 0.187. The molecule has 2 aromatic carbocycles. The SMILES string of the molecule is COC(=O)OC[C@@]1(C=O)c2c(OCc3ccccc3)cc(C(=O)OC)cc2N2C(OC(C)=O)[C@H]3[C@@H](C21)N3C(=O)OC(C)(C)C. The molecule has 2 aromatic rings. The van der Waals surface area contributed by atoms with Crippen LogP contribution in [-0.4, -0.2) is 86.2 Å². The Balaban J connectivity index is 1.69. The molecule has 5 rings (SSSR count). The number of esters is 2.